The van der Waals surface area contributed by atoms with Gasteiger partial charge in [-0.1, -0.05) is 6.58 Å². The quantitative estimate of drug-likeness (QED) is 0.330. The lowest BCUT2D eigenvalue weighted by Crippen LogP contribution is -2.23. The number of aliphatic hydroxyl groups excluding tert-OH is 1. The first kappa shape index (κ1) is 11.5. The fraction of sp³-hybridized carbons (Fsp3) is 0.778. The van der Waals surface area contributed by atoms with Crippen molar-refractivity contribution in [3.63, 3.8) is 0 Å². The minimum absolute atomic E-state index is 0.356. The van der Waals surface area contributed by atoms with Crippen molar-refractivity contribution in [3.8, 4) is 0 Å². The van der Waals surface area contributed by atoms with Crippen LogP contribution in [0.3, 0.4) is 0 Å². The summed E-state index contributed by atoms with van der Waals surface area (Å²) in [6, 6.07) is 0. The highest BCUT2D eigenvalue weighted by atomic mass is 16.5. The molecule has 3 heteroatoms. The van der Waals surface area contributed by atoms with E-state index >= 15 is 0 Å². The lowest BCUT2D eigenvalue weighted by Gasteiger charge is -2.07. The summed E-state index contributed by atoms with van der Waals surface area (Å²) in [6.07, 6.45) is 5.07. The van der Waals surface area contributed by atoms with Gasteiger partial charge in [0.1, 0.15) is 6.23 Å². The number of ether oxygens (including phenoxy) is 1. The zero-order valence-corrected chi connectivity index (χ0v) is 7.75. The Bertz CT molecular complexity index is 107. The highest BCUT2D eigenvalue weighted by Crippen LogP contribution is 2.01. The van der Waals surface area contributed by atoms with E-state index in [0.717, 1.165) is 32.3 Å². The SMILES string of the molecule is C=COCCCCCC(O)NC. The maximum absolute atomic E-state index is 9.10. The van der Waals surface area contributed by atoms with Crippen LogP contribution in [0.2, 0.25) is 0 Å². The number of hydrogen-bond acceptors (Lipinski definition) is 3. The Morgan fingerprint density at radius 3 is 2.83 bits per heavy atom. The van der Waals surface area contributed by atoms with E-state index in [1.807, 2.05) is 0 Å². The van der Waals surface area contributed by atoms with Gasteiger partial charge in [0.2, 0.25) is 0 Å². The van der Waals surface area contributed by atoms with Crippen molar-refractivity contribution in [1.82, 2.24) is 5.32 Å². The summed E-state index contributed by atoms with van der Waals surface area (Å²) in [5.41, 5.74) is 0. The Hall–Kier alpha value is -0.540. The zero-order valence-electron chi connectivity index (χ0n) is 7.75. The van der Waals surface area contributed by atoms with Crippen molar-refractivity contribution in [2.75, 3.05) is 13.7 Å². The summed E-state index contributed by atoms with van der Waals surface area (Å²) < 4.78 is 4.95. The van der Waals surface area contributed by atoms with Gasteiger partial charge < -0.3 is 9.84 Å². The summed E-state index contributed by atoms with van der Waals surface area (Å²) in [5, 5.41) is 11.9. The molecule has 0 aliphatic carbocycles. The van der Waals surface area contributed by atoms with Crippen molar-refractivity contribution < 1.29 is 9.84 Å². The summed E-state index contributed by atoms with van der Waals surface area (Å²) >= 11 is 0. The predicted octanol–water partition coefficient (Wildman–Crippen LogP) is 1.24. The summed E-state index contributed by atoms with van der Waals surface area (Å²) in [7, 11) is 1.76. The Morgan fingerprint density at radius 1 is 1.50 bits per heavy atom. The summed E-state index contributed by atoms with van der Waals surface area (Å²) in [5.74, 6) is 0. The molecule has 2 N–H and O–H groups in total. The second kappa shape index (κ2) is 8.56. The number of rotatable bonds is 8. The summed E-state index contributed by atoms with van der Waals surface area (Å²) in [6.45, 7) is 4.18. The van der Waals surface area contributed by atoms with Gasteiger partial charge >= 0.3 is 0 Å². The van der Waals surface area contributed by atoms with Gasteiger partial charge in [-0.05, 0) is 32.7 Å². The molecule has 0 aromatic rings. The average molecular weight is 173 g/mol. The van der Waals surface area contributed by atoms with E-state index in [-0.39, 0.29) is 6.23 Å². The molecule has 0 bridgehead atoms. The van der Waals surface area contributed by atoms with E-state index in [1.165, 1.54) is 6.26 Å². The largest absolute Gasteiger partial charge is 0.502 e. The molecule has 0 saturated heterocycles. The Balaban J connectivity index is 2.95. The maximum Gasteiger partial charge on any atom is 0.104 e. The molecule has 12 heavy (non-hydrogen) atoms. The number of unbranched alkanes of at least 4 members (excludes halogenated alkanes) is 2. The van der Waals surface area contributed by atoms with Crippen LogP contribution in [0.25, 0.3) is 0 Å². The fourth-order valence-corrected chi connectivity index (χ4v) is 0.928. The van der Waals surface area contributed by atoms with Gasteiger partial charge in [0.25, 0.3) is 0 Å². The molecule has 0 aromatic heterocycles. The van der Waals surface area contributed by atoms with Crippen LogP contribution in [0.4, 0.5) is 0 Å². The normalized spacial score (nSPS) is 12.5. The molecule has 0 aliphatic heterocycles. The van der Waals surface area contributed by atoms with E-state index < -0.39 is 0 Å². The van der Waals surface area contributed by atoms with Gasteiger partial charge in [-0.15, -0.1) is 0 Å². The van der Waals surface area contributed by atoms with Crippen molar-refractivity contribution in [3.05, 3.63) is 12.8 Å². The van der Waals surface area contributed by atoms with Gasteiger partial charge in [-0.2, -0.15) is 0 Å². The van der Waals surface area contributed by atoms with Crippen LogP contribution in [0, 0.1) is 0 Å². The first-order valence-corrected chi connectivity index (χ1v) is 4.39. The topological polar surface area (TPSA) is 41.5 Å². The molecule has 1 unspecified atom stereocenters. The van der Waals surface area contributed by atoms with E-state index in [4.69, 9.17) is 9.84 Å². The fourth-order valence-electron chi connectivity index (χ4n) is 0.928. The third kappa shape index (κ3) is 7.57. The third-order valence-corrected chi connectivity index (χ3v) is 1.69. The van der Waals surface area contributed by atoms with Crippen LogP contribution >= 0.6 is 0 Å². The Kier molecular flexibility index (Phi) is 8.17. The van der Waals surface area contributed by atoms with Crippen molar-refractivity contribution in [2.45, 2.75) is 31.9 Å². The van der Waals surface area contributed by atoms with Crippen molar-refractivity contribution in [1.29, 1.82) is 0 Å². The number of nitrogens with one attached hydrogen (secondary N) is 1. The predicted molar refractivity (Wildman–Crippen MR) is 49.7 cm³/mol. The van der Waals surface area contributed by atoms with Gasteiger partial charge in [0, 0.05) is 0 Å². The molecule has 0 spiro atoms. The average Bonchev–Trinajstić information content (AvgIpc) is 2.10. The molecule has 0 amide bonds. The molecule has 0 rings (SSSR count). The van der Waals surface area contributed by atoms with Crippen LogP contribution in [0.15, 0.2) is 12.8 Å². The standard InChI is InChI=1S/C9H19NO2/c1-3-12-8-6-4-5-7-9(11)10-2/h3,9-11H,1,4-8H2,2H3. The molecule has 0 aliphatic rings. The first-order valence-electron chi connectivity index (χ1n) is 4.39. The lowest BCUT2D eigenvalue weighted by atomic mass is 10.2. The van der Waals surface area contributed by atoms with Crippen LogP contribution < -0.4 is 5.32 Å². The second-order valence-electron chi connectivity index (χ2n) is 2.69. The first-order chi connectivity index (χ1) is 5.81. The monoisotopic (exact) mass is 173 g/mol. The van der Waals surface area contributed by atoms with Gasteiger partial charge in [0.05, 0.1) is 12.9 Å². The van der Waals surface area contributed by atoms with Crippen molar-refractivity contribution >= 4 is 0 Å². The van der Waals surface area contributed by atoms with E-state index in [2.05, 4.69) is 11.9 Å². The molecular formula is C9H19NO2. The maximum atomic E-state index is 9.10. The molecule has 0 radical (unpaired) electrons. The van der Waals surface area contributed by atoms with Crippen LogP contribution in [0.5, 0.6) is 0 Å². The molecule has 0 fully saturated rings. The molecule has 0 aromatic carbocycles. The van der Waals surface area contributed by atoms with Crippen LogP contribution in [-0.2, 0) is 4.74 Å². The number of hydrogen-bond donors (Lipinski definition) is 2. The summed E-state index contributed by atoms with van der Waals surface area (Å²) in [4.78, 5) is 0. The van der Waals surface area contributed by atoms with E-state index in [1.54, 1.807) is 7.05 Å². The number of aliphatic hydroxyl groups is 1. The molecule has 1 atom stereocenters. The molecule has 0 heterocycles. The molecule has 3 nitrogen and oxygen atoms in total. The third-order valence-electron chi connectivity index (χ3n) is 1.69. The van der Waals surface area contributed by atoms with Crippen LogP contribution in [-0.4, -0.2) is 25.0 Å². The van der Waals surface area contributed by atoms with Crippen molar-refractivity contribution in [2.24, 2.45) is 0 Å². The molecule has 0 saturated carbocycles. The van der Waals surface area contributed by atoms with Gasteiger partial charge in [-0.25, -0.2) is 0 Å². The lowest BCUT2D eigenvalue weighted by molar-refractivity contribution is 0.132. The smallest absolute Gasteiger partial charge is 0.104 e. The van der Waals surface area contributed by atoms with E-state index in [0.29, 0.717) is 0 Å². The minimum atomic E-state index is -0.356. The Labute approximate surface area is 74.4 Å². The van der Waals surface area contributed by atoms with Gasteiger partial charge in [-0.3, -0.25) is 5.32 Å². The highest BCUT2D eigenvalue weighted by molar-refractivity contribution is 4.52. The van der Waals surface area contributed by atoms with E-state index in [9.17, 15) is 0 Å². The molecule has 72 valence electrons. The Morgan fingerprint density at radius 2 is 2.25 bits per heavy atom. The second-order valence-corrected chi connectivity index (χ2v) is 2.69. The highest BCUT2D eigenvalue weighted by Gasteiger charge is 1.98. The minimum Gasteiger partial charge on any atom is -0.502 e. The van der Waals surface area contributed by atoms with Crippen LogP contribution in [0.1, 0.15) is 25.7 Å². The van der Waals surface area contributed by atoms with Gasteiger partial charge in [0.15, 0.2) is 0 Å². The molecular weight excluding hydrogens is 154 g/mol. The zero-order chi connectivity index (χ0) is 9.23.